The molecule has 2 rings (SSSR count). The van der Waals surface area contributed by atoms with Crippen LogP contribution in [0, 0.1) is 11.7 Å². The zero-order valence-corrected chi connectivity index (χ0v) is 14.3. The number of halogens is 2. The maximum absolute atomic E-state index is 13.1. The molecule has 2 atom stereocenters. The van der Waals surface area contributed by atoms with Crippen LogP contribution in [0.1, 0.15) is 39.0 Å². The Balaban J connectivity index is 0.00000264. The minimum atomic E-state index is -0.681. The Kier molecular flexibility index (Phi) is 8.34. The van der Waals surface area contributed by atoms with Crippen LogP contribution >= 0.6 is 12.4 Å². The highest BCUT2D eigenvalue weighted by atomic mass is 35.5. The number of hydrogen-bond acceptors (Lipinski definition) is 3. The molecule has 0 spiro atoms. The van der Waals surface area contributed by atoms with Crippen molar-refractivity contribution in [3.05, 3.63) is 30.1 Å². The molecule has 1 aromatic carbocycles. The van der Waals surface area contributed by atoms with Gasteiger partial charge in [-0.05, 0) is 37.8 Å². The van der Waals surface area contributed by atoms with Crippen LogP contribution in [0.4, 0.5) is 4.39 Å². The molecule has 0 bridgehead atoms. The SMILES string of the molecule is CC(Oc1cccc(F)c1)C(=O)NC(CN)C1CCCCC1.Cl. The average Bonchev–Trinajstić information content (AvgIpc) is 2.53. The third-order valence-corrected chi connectivity index (χ3v) is 4.28. The van der Waals surface area contributed by atoms with E-state index in [0.717, 1.165) is 12.8 Å². The van der Waals surface area contributed by atoms with Crippen LogP contribution in [0.15, 0.2) is 24.3 Å². The van der Waals surface area contributed by atoms with E-state index in [2.05, 4.69) is 5.32 Å². The standard InChI is InChI=1S/C17H25FN2O2.ClH/c1-12(22-15-9-5-8-14(18)10-15)17(21)20-16(11-19)13-6-3-2-4-7-13;/h5,8-10,12-13,16H,2-4,6-7,11,19H2,1H3,(H,20,21);1H. The monoisotopic (exact) mass is 344 g/mol. The van der Waals surface area contributed by atoms with Gasteiger partial charge in [-0.2, -0.15) is 0 Å². The topological polar surface area (TPSA) is 64.3 Å². The van der Waals surface area contributed by atoms with E-state index in [1.54, 1.807) is 19.1 Å². The second-order valence-electron chi connectivity index (χ2n) is 5.97. The van der Waals surface area contributed by atoms with E-state index in [-0.39, 0.29) is 30.2 Å². The molecule has 0 saturated heterocycles. The Morgan fingerprint density at radius 2 is 2.09 bits per heavy atom. The third kappa shape index (κ3) is 5.99. The lowest BCUT2D eigenvalue weighted by molar-refractivity contribution is -0.128. The van der Waals surface area contributed by atoms with E-state index in [9.17, 15) is 9.18 Å². The largest absolute Gasteiger partial charge is 0.481 e. The molecule has 1 saturated carbocycles. The van der Waals surface area contributed by atoms with Gasteiger partial charge in [0.05, 0.1) is 0 Å². The van der Waals surface area contributed by atoms with Crippen molar-refractivity contribution in [2.24, 2.45) is 11.7 Å². The highest BCUT2D eigenvalue weighted by Crippen LogP contribution is 2.26. The van der Waals surface area contributed by atoms with Crippen LogP contribution in [0.3, 0.4) is 0 Å². The number of benzene rings is 1. The van der Waals surface area contributed by atoms with Crippen LogP contribution in [-0.2, 0) is 4.79 Å². The zero-order chi connectivity index (χ0) is 15.9. The summed E-state index contributed by atoms with van der Waals surface area (Å²) in [5.41, 5.74) is 5.82. The van der Waals surface area contributed by atoms with Gasteiger partial charge in [0.1, 0.15) is 11.6 Å². The molecule has 4 nitrogen and oxygen atoms in total. The van der Waals surface area contributed by atoms with Gasteiger partial charge < -0.3 is 15.8 Å². The summed E-state index contributed by atoms with van der Waals surface area (Å²) in [7, 11) is 0. The number of nitrogens with one attached hydrogen (secondary N) is 1. The smallest absolute Gasteiger partial charge is 0.261 e. The van der Waals surface area contributed by atoms with E-state index in [1.807, 2.05) is 0 Å². The molecular formula is C17H26ClFN2O2. The summed E-state index contributed by atoms with van der Waals surface area (Å²) < 4.78 is 18.6. The quantitative estimate of drug-likeness (QED) is 0.833. The van der Waals surface area contributed by atoms with Crippen molar-refractivity contribution >= 4 is 18.3 Å². The van der Waals surface area contributed by atoms with Crippen molar-refractivity contribution in [3.63, 3.8) is 0 Å². The van der Waals surface area contributed by atoms with Gasteiger partial charge in [0, 0.05) is 18.7 Å². The first-order valence-electron chi connectivity index (χ1n) is 8.03. The van der Waals surface area contributed by atoms with Crippen molar-refractivity contribution in [3.8, 4) is 5.75 Å². The number of amides is 1. The van der Waals surface area contributed by atoms with E-state index in [1.165, 1.54) is 31.4 Å². The Labute approximate surface area is 143 Å². The Hall–Kier alpha value is -1.33. The lowest BCUT2D eigenvalue weighted by Crippen LogP contribution is -2.49. The Bertz CT molecular complexity index is 495. The first-order valence-corrected chi connectivity index (χ1v) is 8.03. The van der Waals surface area contributed by atoms with E-state index >= 15 is 0 Å². The molecule has 3 N–H and O–H groups in total. The van der Waals surface area contributed by atoms with Crippen molar-refractivity contribution in [1.29, 1.82) is 0 Å². The third-order valence-electron chi connectivity index (χ3n) is 4.28. The number of carbonyl (C=O) groups is 1. The maximum atomic E-state index is 13.1. The van der Waals surface area contributed by atoms with E-state index < -0.39 is 6.10 Å². The summed E-state index contributed by atoms with van der Waals surface area (Å²) in [5.74, 6) is 0.214. The fourth-order valence-electron chi connectivity index (χ4n) is 3.00. The molecule has 130 valence electrons. The summed E-state index contributed by atoms with van der Waals surface area (Å²) in [6.45, 7) is 2.10. The minimum Gasteiger partial charge on any atom is -0.481 e. The number of carbonyl (C=O) groups excluding carboxylic acids is 1. The summed E-state index contributed by atoms with van der Waals surface area (Å²) in [6, 6.07) is 5.79. The van der Waals surface area contributed by atoms with Gasteiger partial charge in [-0.25, -0.2) is 4.39 Å². The van der Waals surface area contributed by atoms with E-state index in [4.69, 9.17) is 10.5 Å². The number of hydrogen-bond donors (Lipinski definition) is 2. The van der Waals surface area contributed by atoms with Gasteiger partial charge in [-0.3, -0.25) is 4.79 Å². The lowest BCUT2D eigenvalue weighted by Gasteiger charge is -2.30. The molecule has 0 aliphatic heterocycles. The van der Waals surface area contributed by atoms with Crippen LogP contribution in [0.25, 0.3) is 0 Å². The van der Waals surface area contributed by atoms with Crippen molar-refractivity contribution in [2.75, 3.05) is 6.54 Å². The van der Waals surface area contributed by atoms with Crippen molar-refractivity contribution in [2.45, 2.75) is 51.2 Å². The molecule has 0 radical (unpaired) electrons. The second-order valence-corrected chi connectivity index (χ2v) is 5.97. The van der Waals surface area contributed by atoms with Crippen LogP contribution < -0.4 is 15.8 Å². The van der Waals surface area contributed by atoms with Crippen LogP contribution in [0.5, 0.6) is 5.75 Å². The van der Waals surface area contributed by atoms with Crippen LogP contribution in [0.2, 0.25) is 0 Å². The molecule has 1 aliphatic rings. The molecule has 1 amide bonds. The fraction of sp³-hybridized carbons (Fsp3) is 0.588. The maximum Gasteiger partial charge on any atom is 0.261 e. The van der Waals surface area contributed by atoms with Crippen molar-refractivity contribution < 1.29 is 13.9 Å². The van der Waals surface area contributed by atoms with Gasteiger partial charge in [0.25, 0.3) is 5.91 Å². The predicted octanol–water partition coefficient (Wildman–Crippen LogP) is 3.04. The van der Waals surface area contributed by atoms with E-state index in [0.29, 0.717) is 18.2 Å². The number of rotatable bonds is 6. The second kappa shape index (κ2) is 9.73. The normalized spacial score (nSPS) is 17.7. The molecule has 2 unspecified atom stereocenters. The van der Waals surface area contributed by atoms with Gasteiger partial charge >= 0.3 is 0 Å². The summed E-state index contributed by atoms with van der Waals surface area (Å²) >= 11 is 0. The molecule has 0 heterocycles. The molecule has 0 aromatic heterocycles. The minimum absolute atomic E-state index is 0. The first kappa shape index (κ1) is 19.7. The van der Waals surface area contributed by atoms with Crippen LogP contribution in [-0.4, -0.2) is 24.6 Å². The van der Waals surface area contributed by atoms with Gasteiger partial charge in [0.2, 0.25) is 0 Å². The fourth-order valence-corrected chi connectivity index (χ4v) is 3.00. The first-order chi connectivity index (χ1) is 10.6. The molecular weight excluding hydrogens is 319 g/mol. The van der Waals surface area contributed by atoms with Gasteiger partial charge in [-0.15, -0.1) is 12.4 Å². The van der Waals surface area contributed by atoms with Crippen molar-refractivity contribution in [1.82, 2.24) is 5.32 Å². The molecule has 1 fully saturated rings. The Morgan fingerprint density at radius 3 is 2.70 bits per heavy atom. The molecule has 1 aliphatic carbocycles. The highest BCUT2D eigenvalue weighted by molar-refractivity contribution is 5.85. The lowest BCUT2D eigenvalue weighted by atomic mass is 9.84. The number of nitrogens with two attached hydrogens (primary N) is 1. The van der Waals surface area contributed by atoms with Gasteiger partial charge in [-0.1, -0.05) is 25.3 Å². The number of ether oxygens (including phenoxy) is 1. The zero-order valence-electron chi connectivity index (χ0n) is 13.5. The summed E-state index contributed by atoms with van der Waals surface area (Å²) in [4.78, 5) is 12.3. The molecule has 1 aromatic rings. The molecule has 23 heavy (non-hydrogen) atoms. The summed E-state index contributed by atoms with van der Waals surface area (Å²) in [6.07, 6.45) is 5.21. The highest BCUT2D eigenvalue weighted by Gasteiger charge is 2.26. The average molecular weight is 345 g/mol. The molecule has 6 heteroatoms. The predicted molar refractivity (Wildman–Crippen MR) is 91.3 cm³/mol. The van der Waals surface area contributed by atoms with Gasteiger partial charge in [0.15, 0.2) is 6.10 Å². The Morgan fingerprint density at radius 1 is 1.39 bits per heavy atom. The summed E-state index contributed by atoms with van der Waals surface area (Å²) in [5, 5.41) is 2.99.